The predicted octanol–water partition coefficient (Wildman–Crippen LogP) is 2.81. The third-order valence-electron chi connectivity index (χ3n) is 4.62. The number of nitrogen functional groups attached to an aromatic ring is 1. The van der Waals surface area contributed by atoms with Gasteiger partial charge in [0.1, 0.15) is 5.52 Å². The largest absolute Gasteiger partial charge is 0.335 e. The van der Waals surface area contributed by atoms with E-state index in [0.717, 1.165) is 5.56 Å². The summed E-state index contributed by atoms with van der Waals surface area (Å²) in [5, 5.41) is 17.4. The highest BCUT2D eigenvalue weighted by Crippen LogP contribution is 2.26. The van der Waals surface area contributed by atoms with E-state index in [4.69, 9.17) is 5.84 Å². The van der Waals surface area contributed by atoms with Crippen LogP contribution >= 0.6 is 11.8 Å². The molecule has 0 radical (unpaired) electrons. The molecule has 4 aromatic rings. The first-order valence-corrected chi connectivity index (χ1v) is 10.1. The SMILES string of the molecule is CC(C)(C)c1ccc(-c2nnc(SCn3nnc4ccccc4c3=O)n2N)cc1. The van der Waals surface area contributed by atoms with Gasteiger partial charge < -0.3 is 5.84 Å². The van der Waals surface area contributed by atoms with Crippen LogP contribution in [0.2, 0.25) is 0 Å². The molecule has 29 heavy (non-hydrogen) atoms. The van der Waals surface area contributed by atoms with Crippen molar-refractivity contribution in [3.63, 3.8) is 0 Å². The van der Waals surface area contributed by atoms with Crippen molar-refractivity contribution in [3.05, 3.63) is 64.4 Å². The molecule has 2 heterocycles. The highest BCUT2D eigenvalue weighted by atomic mass is 32.2. The number of benzene rings is 2. The Morgan fingerprint density at radius 1 is 1.00 bits per heavy atom. The van der Waals surface area contributed by atoms with Crippen LogP contribution in [0.5, 0.6) is 0 Å². The fourth-order valence-electron chi connectivity index (χ4n) is 2.92. The van der Waals surface area contributed by atoms with Crippen LogP contribution in [0.15, 0.2) is 58.5 Å². The minimum atomic E-state index is -0.204. The van der Waals surface area contributed by atoms with Gasteiger partial charge in [0.2, 0.25) is 5.16 Å². The molecular weight excluding hydrogens is 386 g/mol. The number of nitrogens with two attached hydrogens (primary N) is 1. The molecule has 0 saturated carbocycles. The van der Waals surface area contributed by atoms with Crippen LogP contribution in [0.1, 0.15) is 26.3 Å². The number of rotatable bonds is 4. The van der Waals surface area contributed by atoms with Gasteiger partial charge in [-0.1, -0.05) is 74.1 Å². The van der Waals surface area contributed by atoms with Crippen molar-refractivity contribution in [1.82, 2.24) is 29.9 Å². The quantitative estimate of drug-likeness (QED) is 0.410. The molecule has 0 unspecified atom stereocenters. The zero-order valence-corrected chi connectivity index (χ0v) is 17.2. The lowest BCUT2D eigenvalue weighted by atomic mass is 9.87. The van der Waals surface area contributed by atoms with E-state index in [-0.39, 0.29) is 16.9 Å². The molecule has 0 saturated heterocycles. The highest BCUT2D eigenvalue weighted by molar-refractivity contribution is 7.98. The van der Waals surface area contributed by atoms with Crippen LogP contribution in [0.3, 0.4) is 0 Å². The van der Waals surface area contributed by atoms with Gasteiger partial charge in [-0.25, -0.2) is 4.68 Å². The highest BCUT2D eigenvalue weighted by Gasteiger charge is 2.16. The minimum Gasteiger partial charge on any atom is -0.335 e. The Labute approximate surface area is 171 Å². The Morgan fingerprint density at radius 2 is 1.72 bits per heavy atom. The lowest BCUT2D eigenvalue weighted by Gasteiger charge is -2.19. The van der Waals surface area contributed by atoms with E-state index >= 15 is 0 Å². The van der Waals surface area contributed by atoms with Gasteiger partial charge >= 0.3 is 0 Å². The van der Waals surface area contributed by atoms with Crippen molar-refractivity contribution in [2.45, 2.75) is 37.2 Å². The fourth-order valence-corrected chi connectivity index (χ4v) is 3.65. The Balaban J connectivity index is 1.55. The third-order valence-corrected chi connectivity index (χ3v) is 5.53. The summed E-state index contributed by atoms with van der Waals surface area (Å²) in [5.74, 6) is 6.99. The zero-order valence-electron chi connectivity index (χ0n) is 16.4. The van der Waals surface area contributed by atoms with E-state index in [0.29, 0.717) is 21.9 Å². The van der Waals surface area contributed by atoms with Gasteiger partial charge in [-0.3, -0.25) is 4.79 Å². The maximum atomic E-state index is 12.5. The van der Waals surface area contributed by atoms with E-state index in [9.17, 15) is 4.79 Å². The first-order valence-electron chi connectivity index (χ1n) is 9.11. The first-order chi connectivity index (χ1) is 13.8. The Morgan fingerprint density at radius 3 is 2.45 bits per heavy atom. The maximum Gasteiger partial charge on any atom is 0.278 e. The molecule has 0 amide bonds. The summed E-state index contributed by atoms with van der Waals surface area (Å²) in [6.07, 6.45) is 0. The molecule has 2 aromatic heterocycles. The Hall–Kier alpha value is -3.20. The predicted molar refractivity (Wildman–Crippen MR) is 114 cm³/mol. The molecule has 2 N–H and O–H groups in total. The summed E-state index contributed by atoms with van der Waals surface area (Å²) >= 11 is 1.27. The molecule has 4 rings (SSSR count). The fraction of sp³-hybridized carbons (Fsp3) is 0.250. The monoisotopic (exact) mass is 407 g/mol. The maximum absolute atomic E-state index is 12.5. The topological polar surface area (TPSA) is 105 Å². The number of nitrogens with zero attached hydrogens (tertiary/aromatic N) is 6. The second-order valence-corrected chi connectivity index (χ2v) is 8.60. The average molecular weight is 408 g/mol. The third kappa shape index (κ3) is 3.73. The molecule has 8 nitrogen and oxygen atoms in total. The summed E-state index contributed by atoms with van der Waals surface area (Å²) in [7, 11) is 0. The average Bonchev–Trinajstić information content (AvgIpc) is 3.07. The van der Waals surface area contributed by atoms with Crippen LogP contribution in [-0.4, -0.2) is 29.9 Å². The van der Waals surface area contributed by atoms with E-state index in [1.54, 1.807) is 18.2 Å². The van der Waals surface area contributed by atoms with Crippen molar-refractivity contribution in [1.29, 1.82) is 0 Å². The van der Waals surface area contributed by atoms with Gasteiger partial charge in [-0.05, 0) is 23.1 Å². The van der Waals surface area contributed by atoms with Crippen molar-refractivity contribution in [3.8, 4) is 11.4 Å². The zero-order chi connectivity index (χ0) is 20.6. The first kappa shape index (κ1) is 19.1. The van der Waals surface area contributed by atoms with Gasteiger partial charge in [0, 0.05) is 5.56 Å². The standard InChI is InChI=1S/C20H21N7OS/c1-20(2,3)14-10-8-13(9-11-14)17-23-24-19(27(17)21)29-12-26-18(28)15-6-4-5-7-16(15)22-25-26/h4-11H,12,21H2,1-3H3. The smallest absolute Gasteiger partial charge is 0.278 e. The molecule has 0 aliphatic carbocycles. The van der Waals surface area contributed by atoms with Gasteiger partial charge in [0.15, 0.2) is 5.82 Å². The summed E-state index contributed by atoms with van der Waals surface area (Å²) in [6, 6.07) is 15.2. The van der Waals surface area contributed by atoms with E-state index < -0.39 is 0 Å². The molecule has 2 aromatic carbocycles. The van der Waals surface area contributed by atoms with E-state index in [1.165, 1.54) is 26.7 Å². The molecule has 0 atom stereocenters. The molecule has 0 spiro atoms. The molecule has 9 heteroatoms. The number of aromatic nitrogens is 6. The van der Waals surface area contributed by atoms with Crippen LogP contribution < -0.4 is 11.4 Å². The summed E-state index contributed by atoms with van der Waals surface area (Å²) in [5.41, 5.74) is 2.55. The van der Waals surface area contributed by atoms with Crippen molar-refractivity contribution in [2.24, 2.45) is 0 Å². The van der Waals surface area contributed by atoms with E-state index in [2.05, 4.69) is 53.4 Å². The summed E-state index contributed by atoms with van der Waals surface area (Å²) in [6.45, 7) is 6.50. The number of hydrogen-bond acceptors (Lipinski definition) is 7. The van der Waals surface area contributed by atoms with E-state index in [1.807, 2.05) is 18.2 Å². The molecule has 0 aliphatic heterocycles. The minimum absolute atomic E-state index is 0.0735. The lowest BCUT2D eigenvalue weighted by molar-refractivity contribution is 0.590. The van der Waals surface area contributed by atoms with Crippen molar-refractivity contribution < 1.29 is 0 Å². The van der Waals surface area contributed by atoms with Crippen LogP contribution in [-0.2, 0) is 11.3 Å². The second-order valence-electron chi connectivity index (χ2n) is 7.69. The summed E-state index contributed by atoms with van der Waals surface area (Å²) in [4.78, 5) is 12.5. The van der Waals surface area contributed by atoms with Crippen LogP contribution in [0.4, 0.5) is 0 Å². The molecule has 0 bridgehead atoms. The molecular formula is C20H21N7OS. The Kier molecular flexibility index (Phi) is 4.83. The molecule has 0 aliphatic rings. The number of thioether (sulfide) groups is 1. The number of fused-ring (bicyclic) bond motifs is 1. The Bertz CT molecular complexity index is 1220. The molecule has 0 fully saturated rings. The number of hydrogen-bond donors (Lipinski definition) is 1. The van der Waals surface area contributed by atoms with Gasteiger partial charge in [0.25, 0.3) is 5.56 Å². The molecule has 148 valence electrons. The second kappa shape index (κ2) is 7.32. The van der Waals surface area contributed by atoms with Gasteiger partial charge in [0.05, 0.1) is 11.3 Å². The van der Waals surface area contributed by atoms with Gasteiger partial charge in [-0.15, -0.1) is 15.3 Å². The van der Waals surface area contributed by atoms with Gasteiger partial charge in [-0.2, -0.15) is 4.68 Å². The van der Waals surface area contributed by atoms with Crippen LogP contribution in [0.25, 0.3) is 22.3 Å². The normalized spacial score (nSPS) is 11.8. The van der Waals surface area contributed by atoms with Crippen molar-refractivity contribution in [2.75, 3.05) is 5.84 Å². The lowest BCUT2D eigenvalue weighted by Crippen LogP contribution is -2.23. The van der Waals surface area contributed by atoms with Crippen LogP contribution in [0, 0.1) is 0 Å². The van der Waals surface area contributed by atoms with Crippen molar-refractivity contribution >= 4 is 22.7 Å². The summed E-state index contributed by atoms with van der Waals surface area (Å²) < 4.78 is 2.72.